The molecular weight excluding hydrogens is 1010 g/mol. The van der Waals surface area contributed by atoms with Gasteiger partial charge in [-0.2, -0.15) is 0 Å². The highest BCUT2D eigenvalue weighted by atomic mass is 28.3. The first-order chi connectivity index (χ1) is 39.2. The van der Waals surface area contributed by atoms with Crippen LogP contribution in [0.5, 0.6) is 0 Å². The van der Waals surface area contributed by atoms with Gasteiger partial charge in [0.15, 0.2) is 11.6 Å². The maximum absolute atomic E-state index is 5.51. The van der Waals surface area contributed by atoms with Crippen LogP contribution in [0.3, 0.4) is 0 Å². The lowest BCUT2D eigenvalue weighted by molar-refractivity contribution is 1.15. The van der Waals surface area contributed by atoms with E-state index in [-0.39, 0.29) is 0 Å². The first-order valence-corrected chi connectivity index (χ1v) is 32.9. The van der Waals surface area contributed by atoms with Gasteiger partial charge in [0.25, 0.3) is 0 Å². The monoisotopic (exact) mass is 1060 g/mol. The number of anilines is 6. The van der Waals surface area contributed by atoms with E-state index < -0.39 is 16.1 Å². The molecule has 0 spiro atoms. The van der Waals surface area contributed by atoms with Gasteiger partial charge in [0.1, 0.15) is 16.1 Å². The molecule has 0 saturated heterocycles. The topological polar surface area (TPSA) is 110 Å². The second-order valence-corrected chi connectivity index (χ2v) is 29.9. The number of para-hydroxylation sites is 4. The van der Waals surface area contributed by atoms with E-state index in [1.54, 1.807) is 24.8 Å². The summed E-state index contributed by atoms with van der Waals surface area (Å²) in [5.74, 6) is 1.07. The minimum Gasteiger partial charge on any atom is -0.311 e. The quantitative estimate of drug-likeness (QED) is 0.130. The number of fused-ring (bicyclic) bond motifs is 4. The molecule has 0 amide bonds. The van der Waals surface area contributed by atoms with Crippen molar-refractivity contribution >= 4 is 71.0 Å². The van der Waals surface area contributed by atoms with Gasteiger partial charge >= 0.3 is 0 Å². The highest BCUT2D eigenvalue weighted by Gasteiger charge is 2.40. The first kappa shape index (κ1) is 48.5. The average Bonchev–Trinajstić information content (AvgIpc) is 3.31. The number of benzene rings is 6. The zero-order chi connectivity index (χ0) is 54.0. The Hall–Kier alpha value is -9.89. The Morgan fingerprint density at radius 3 is 1.01 bits per heavy atom. The van der Waals surface area contributed by atoms with Crippen molar-refractivity contribution < 1.29 is 0 Å². The Morgan fingerprint density at radius 2 is 0.662 bits per heavy atom. The normalized spacial score (nSPS) is 13.7. The molecule has 0 saturated carbocycles. The fraction of sp³-hybridized carbons (Fsp3) is 0.0588. The van der Waals surface area contributed by atoms with Crippen LogP contribution >= 0.6 is 0 Å². The van der Waals surface area contributed by atoms with Crippen molar-refractivity contribution in [2.45, 2.75) is 26.2 Å². The van der Waals surface area contributed by atoms with Gasteiger partial charge in [0.05, 0.1) is 34.2 Å². The van der Waals surface area contributed by atoms with Gasteiger partial charge < -0.3 is 9.80 Å². The van der Waals surface area contributed by atoms with Crippen LogP contribution in [-0.2, 0) is 0 Å². The smallest absolute Gasteiger partial charge is 0.162 e. The van der Waals surface area contributed by atoms with E-state index in [0.717, 1.165) is 67.5 Å². The Labute approximate surface area is 467 Å². The summed E-state index contributed by atoms with van der Waals surface area (Å²) in [5.41, 5.74) is 16.3. The Kier molecular flexibility index (Phi) is 11.8. The average molecular weight is 1070 g/mol. The minimum absolute atomic E-state index is 0.537. The maximum Gasteiger partial charge on any atom is 0.162 e. The molecule has 8 heterocycles. The van der Waals surface area contributed by atoms with Crippen molar-refractivity contribution in [3.8, 4) is 79.2 Å². The van der Waals surface area contributed by atoms with Crippen LogP contribution in [0, 0.1) is 0 Å². The predicted octanol–water partition coefficient (Wildman–Crippen LogP) is 13.7. The summed E-state index contributed by atoms with van der Waals surface area (Å²) in [5, 5.41) is 5.52. The number of hydrogen-bond donors (Lipinski definition) is 0. The highest BCUT2D eigenvalue weighted by molar-refractivity contribution is 7.03. The molecule has 12 aromatic rings. The number of rotatable bonds is 9. The molecule has 0 unspecified atom stereocenters. The summed E-state index contributed by atoms with van der Waals surface area (Å²) in [4.78, 5) is 45.0. The van der Waals surface area contributed by atoms with Crippen molar-refractivity contribution in [2.75, 3.05) is 9.80 Å². The van der Waals surface area contributed by atoms with Crippen LogP contribution in [0.25, 0.3) is 79.2 Å². The molecule has 382 valence electrons. The number of pyridine rings is 4. The molecule has 0 bridgehead atoms. The van der Waals surface area contributed by atoms with E-state index in [9.17, 15) is 0 Å². The van der Waals surface area contributed by atoms with E-state index in [2.05, 4.69) is 192 Å². The fourth-order valence-electron chi connectivity index (χ4n) is 11.8. The molecular formula is C68H52N10Si2. The number of hydrogen-bond acceptors (Lipinski definition) is 10. The van der Waals surface area contributed by atoms with Crippen molar-refractivity contribution in [1.29, 1.82) is 0 Å². The molecule has 0 atom stereocenters. The molecule has 0 aliphatic carbocycles. The van der Waals surface area contributed by atoms with Gasteiger partial charge in [-0.3, -0.25) is 19.9 Å². The lowest BCUT2D eigenvalue weighted by Crippen LogP contribution is -2.58. The molecule has 2 aliphatic rings. The van der Waals surface area contributed by atoms with Crippen LogP contribution in [-0.4, -0.2) is 56.0 Å². The lowest BCUT2D eigenvalue weighted by atomic mass is 9.90. The molecule has 0 fully saturated rings. The third-order valence-corrected chi connectivity index (χ3v) is 22.9. The van der Waals surface area contributed by atoms with Crippen molar-refractivity contribution in [1.82, 2.24) is 39.9 Å². The molecule has 6 aromatic carbocycles. The Balaban J connectivity index is 1.08. The molecule has 0 N–H and O–H groups in total. The Morgan fingerprint density at radius 1 is 0.300 bits per heavy atom. The first-order valence-electron chi connectivity index (χ1n) is 26.9. The summed E-state index contributed by atoms with van der Waals surface area (Å²) in [6, 6.07) is 73.2. The summed E-state index contributed by atoms with van der Waals surface area (Å²) < 4.78 is 0. The van der Waals surface area contributed by atoms with E-state index >= 15 is 0 Å². The van der Waals surface area contributed by atoms with E-state index in [0.29, 0.717) is 23.0 Å². The van der Waals surface area contributed by atoms with Crippen LogP contribution in [0.2, 0.25) is 26.2 Å². The van der Waals surface area contributed by atoms with Gasteiger partial charge in [-0.25, -0.2) is 19.9 Å². The van der Waals surface area contributed by atoms with Crippen LogP contribution in [0.4, 0.5) is 34.1 Å². The maximum atomic E-state index is 5.51. The van der Waals surface area contributed by atoms with Gasteiger partial charge in [0, 0.05) is 93.6 Å². The van der Waals surface area contributed by atoms with Gasteiger partial charge in [-0.15, -0.1) is 0 Å². The van der Waals surface area contributed by atoms with Crippen molar-refractivity contribution in [2.24, 2.45) is 0 Å². The molecule has 2 aliphatic heterocycles. The van der Waals surface area contributed by atoms with Crippen molar-refractivity contribution in [3.63, 3.8) is 0 Å². The number of nitrogens with zero attached hydrogens (tertiary/aromatic N) is 10. The van der Waals surface area contributed by atoms with E-state index in [1.165, 1.54) is 43.5 Å². The van der Waals surface area contributed by atoms with Crippen LogP contribution in [0.15, 0.2) is 243 Å². The molecule has 10 nitrogen and oxygen atoms in total. The van der Waals surface area contributed by atoms with Gasteiger partial charge in [-0.05, 0) is 141 Å². The summed E-state index contributed by atoms with van der Waals surface area (Å²) in [6.45, 7) is 9.82. The van der Waals surface area contributed by atoms with Gasteiger partial charge in [0.2, 0.25) is 0 Å². The fourth-order valence-corrected chi connectivity index (χ4v) is 17.8. The molecule has 0 radical (unpaired) electrons. The minimum atomic E-state index is -2.11. The third kappa shape index (κ3) is 8.31. The zero-order valence-corrected chi connectivity index (χ0v) is 46.6. The largest absolute Gasteiger partial charge is 0.311 e. The standard InChI is InChI=1S/C68H52N10Si2/c1-79(2)63-27-9-5-23-59(63)77(60-24-6-10-28-64(60)79)47-31-33-49(51(39-47)55-41-57(53-21-13-15-37-71-53)75-67(73-55)45-19-17-35-69-43-45)50-34-32-48(78-61-25-7-11-29-65(61)80(3,4)66-30-12-8-26-62(66)78)40-52(50)56-42-58(54-22-14-16-38-72-54)76-68(74-56)46-20-18-36-70-44-46/h5-44H,1-4H3. The zero-order valence-electron chi connectivity index (χ0n) is 44.6. The molecule has 6 aromatic heterocycles. The third-order valence-electron chi connectivity index (χ3n) is 15.8. The summed E-state index contributed by atoms with van der Waals surface area (Å²) in [7, 11) is -4.22. The summed E-state index contributed by atoms with van der Waals surface area (Å²) in [6.07, 6.45) is 10.8. The summed E-state index contributed by atoms with van der Waals surface area (Å²) >= 11 is 0. The van der Waals surface area contributed by atoms with Crippen LogP contribution in [0.1, 0.15) is 0 Å². The number of aromatic nitrogens is 8. The van der Waals surface area contributed by atoms with Crippen molar-refractivity contribution in [3.05, 3.63) is 243 Å². The molecule has 80 heavy (non-hydrogen) atoms. The predicted molar refractivity (Wildman–Crippen MR) is 330 cm³/mol. The lowest BCUT2D eigenvalue weighted by Gasteiger charge is -2.41. The highest BCUT2D eigenvalue weighted by Crippen LogP contribution is 2.47. The second-order valence-electron chi connectivity index (χ2n) is 21.3. The van der Waals surface area contributed by atoms with Crippen LogP contribution < -0.4 is 30.5 Å². The van der Waals surface area contributed by atoms with Gasteiger partial charge in [-0.1, -0.05) is 123 Å². The second kappa shape index (κ2) is 19.5. The Bertz CT molecular complexity index is 3840. The molecule has 14 rings (SSSR count). The van der Waals surface area contributed by atoms with E-state index in [4.69, 9.17) is 29.9 Å². The molecule has 12 heteroatoms. The SMILES string of the molecule is C[Si]1(C)c2ccccc2N(c2ccc(-c3ccc(N4c5ccccc5[Si](C)(C)c5ccccc54)cc3-c3cc(-c4ccccn4)nc(-c4cccnc4)n3)c(-c3cc(-c4ccccn4)nc(-c4cccnc4)n3)c2)c2ccccc21. The van der Waals surface area contributed by atoms with E-state index in [1.807, 2.05) is 73.1 Å².